The maximum atomic E-state index is 12.7. The van der Waals surface area contributed by atoms with Crippen molar-refractivity contribution in [3.8, 4) is 0 Å². The first kappa shape index (κ1) is 16.3. The highest BCUT2D eigenvalue weighted by molar-refractivity contribution is 6.32. The highest BCUT2D eigenvalue weighted by Crippen LogP contribution is 2.36. The number of rotatable bonds is 5. The van der Waals surface area contributed by atoms with E-state index in [1.54, 1.807) is 6.07 Å². The Morgan fingerprint density at radius 2 is 1.84 bits per heavy atom. The van der Waals surface area contributed by atoms with Crippen LogP contribution in [-0.4, -0.2) is 12.7 Å². The van der Waals surface area contributed by atoms with Gasteiger partial charge in [0.2, 0.25) is 0 Å². The van der Waals surface area contributed by atoms with Crippen LogP contribution in [0.2, 0.25) is 5.02 Å². The van der Waals surface area contributed by atoms with Crippen molar-refractivity contribution in [3.05, 3.63) is 34.3 Å². The summed E-state index contributed by atoms with van der Waals surface area (Å²) < 4.78 is 43.7. The fourth-order valence-electron chi connectivity index (χ4n) is 1.68. The Morgan fingerprint density at radius 3 is 2.37 bits per heavy atom. The summed E-state index contributed by atoms with van der Waals surface area (Å²) in [6, 6.07) is 3.97. The number of alkyl halides is 3. The molecule has 1 atom stereocenters. The van der Waals surface area contributed by atoms with Crippen molar-refractivity contribution < 1.29 is 17.9 Å². The molecular formula is C14H18ClF3O. The van der Waals surface area contributed by atoms with Crippen molar-refractivity contribution >= 4 is 11.6 Å². The van der Waals surface area contributed by atoms with Gasteiger partial charge in [-0.15, -0.1) is 0 Å². The van der Waals surface area contributed by atoms with Crippen LogP contribution in [0, 0.1) is 5.92 Å². The van der Waals surface area contributed by atoms with Crippen LogP contribution in [0.25, 0.3) is 0 Å². The van der Waals surface area contributed by atoms with Crippen LogP contribution < -0.4 is 0 Å². The summed E-state index contributed by atoms with van der Waals surface area (Å²) in [4.78, 5) is 0. The molecule has 0 N–H and O–H groups in total. The highest BCUT2D eigenvalue weighted by Gasteiger charge is 2.33. The zero-order chi connectivity index (χ0) is 14.6. The zero-order valence-corrected chi connectivity index (χ0v) is 12.0. The summed E-state index contributed by atoms with van der Waals surface area (Å²) in [6.07, 6.45) is -4.21. The summed E-state index contributed by atoms with van der Waals surface area (Å²) in [6.45, 7) is 6.45. The van der Waals surface area contributed by atoms with E-state index in [-0.39, 0.29) is 11.1 Å². The van der Waals surface area contributed by atoms with Gasteiger partial charge in [-0.3, -0.25) is 0 Å². The molecular weight excluding hydrogens is 277 g/mol. The lowest BCUT2D eigenvalue weighted by Crippen LogP contribution is -2.16. The minimum absolute atomic E-state index is 0.164. The smallest absolute Gasteiger partial charge is 0.378 e. The number of hydrogen-bond donors (Lipinski definition) is 0. The van der Waals surface area contributed by atoms with Crippen molar-refractivity contribution in [2.24, 2.45) is 5.92 Å². The molecule has 108 valence electrons. The first-order valence-corrected chi connectivity index (χ1v) is 6.55. The van der Waals surface area contributed by atoms with Gasteiger partial charge in [-0.05, 0) is 30.9 Å². The molecule has 1 unspecified atom stereocenters. The van der Waals surface area contributed by atoms with E-state index < -0.39 is 11.7 Å². The van der Waals surface area contributed by atoms with E-state index in [4.69, 9.17) is 16.3 Å². The molecule has 0 saturated heterocycles. The molecule has 0 radical (unpaired) electrons. The number of benzene rings is 1. The summed E-state index contributed by atoms with van der Waals surface area (Å²) in [7, 11) is 0. The van der Waals surface area contributed by atoms with Crippen LogP contribution in [0.4, 0.5) is 13.2 Å². The monoisotopic (exact) mass is 294 g/mol. The van der Waals surface area contributed by atoms with E-state index in [0.717, 1.165) is 6.07 Å². The normalized spacial score (nSPS) is 13.9. The number of halogens is 4. The predicted molar refractivity (Wildman–Crippen MR) is 70.4 cm³/mol. The quantitative estimate of drug-likeness (QED) is 0.745. The van der Waals surface area contributed by atoms with Crippen molar-refractivity contribution in [1.29, 1.82) is 0 Å². The van der Waals surface area contributed by atoms with E-state index in [9.17, 15) is 13.2 Å². The molecule has 1 aromatic carbocycles. The van der Waals surface area contributed by atoms with Gasteiger partial charge in [-0.2, -0.15) is 13.2 Å². The molecule has 0 aliphatic carbocycles. The Morgan fingerprint density at radius 1 is 1.21 bits per heavy atom. The summed E-state index contributed by atoms with van der Waals surface area (Å²) in [5.41, 5.74) is -0.324. The van der Waals surface area contributed by atoms with Crippen molar-refractivity contribution in [3.63, 3.8) is 0 Å². The van der Waals surface area contributed by atoms with Crippen molar-refractivity contribution in [2.75, 3.05) is 6.61 Å². The van der Waals surface area contributed by atoms with Gasteiger partial charge >= 0.3 is 6.18 Å². The lowest BCUT2D eigenvalue weighted by atomic mass is 10.0. The van der Waals surface area contributed by atoms with Gasteiger partial charge in [0, 0.05) is 6.61 Å². The van der Waals surface area contributed by atoms with Crippen LogP contribution in [-0.2, 0) is 17.3 Å². The molecule has 1 aromatic rings. The van der Waals surface area contributed by atoms with E-state index in [1.165, 1.54) is 6.07 Å². The molecule has 0 heterocycles. The SMILES string of the molecule is CC(C)COC(C)Cc1cccc(C(F)(F)F)c1Cl. The molecule has 0 fully saturated rings. The minimum atomic E-state index is -4.42. The first-order chi connectivity index (χ1) is 8.71. The molecule has 1 rings (SSSR count). The molecule has 0 amide bonds. The maximum Gasteiger partial charge on any atom is 0.417 e. The van der Waals surface area contributed by atoms with Crippen LogP contribution in [0.3, 0.4) is 0 Å². The number of ether oxygens (including phenoxy) is 1. The lowest BCUT2D eigenvalue weighted by molar-refractivity contribution is -0.137. The van der Waals surface area contributed by atoms with Crippen LogP contribution >= 0.6 is 11.6 Å². The van der Waals surface area contributed by atoms with Gasteiger partial charge in [-0.1, -0.05) is 37.6 Å². The maximum absolute atomic E-state index is 12.7. The van der Waals surface area contributed by atoms with E-state index >= 15 is 0 Å². The molecule has 5 heteroatoms. The molecule has 0 aliphatic rings. The standard InChI is InChI=1S/C14H18ClF3O/c1-9(2)8-19-10(3)7-11-5-4-6-12(13(11)15)14(16,17)18/h4-6,9-10H,7-8H2,1-3H3. The average Bonchev–Trinajstić information content (AvgIpc) is 2.27. The molecule has 19 heavy (non-hydrogen) atoms. The predicted octanol–water partition coefficient (Wildman–Crippen LogP) is 4.96. The minimum Gasteiger partial charge on any atom is -0.378 e. The molecule has 0 saturated carbocycles. The fourth-order valence-corrected chi connectivity index (χ4v) is 1.99. The lowest BCUT2D eigenvalue weighted by Gasteiger charge is -2.17. The Labute approximate surface area is 116 Å². The van der Waals surface area contributed by atoms with Crippen molar-refractivity contribution in [1.82, 2.24) is 0 Å². The van der Waals surface area contributed by atoms with Gasteiger partial charge in [0.15, 0.2) is 0 Å². The topological polar surface area (TPSA) is 9.23 Å². The fraction of sp³-hybridized carbons (Fsp3) is 0.571. The highest BCUT2D eigenvalue weighted by atomic mass is 35.5. The molecule has 0 aromatic heterocycles. The summed E-state index contributed by atoms with van der Waals surface area (Å²) >= 11 is 5.82. The third-order valence-corrected chi connectivity index (χ3v) is 3.05. The second kappa shape index (κ2) is 6.62. The number of hydrogen-bond acceptors (Lipinski definition) is 1. The van der Waals surface area contributed by atoms with E-state index in [0.29, 0.717) is 24.5 Å². The van der Waals surface area contributed by atoms with Gasteiger partial charge in [0.1, 0.15) is 0 Å². The third-order valence-electron chi connectivity index (χ3n) is 2.61. The van der Waals surface area contributed by atoms with Gasteiger partial charge < -0.3 is 4.74 Å². The first-order valence-electron chi connectivity index (χ1n) is 6.18. The van der Waals surface area contributed by atoms with Crippen molar-refractivity contribution in [2.45, 2.75) is 39.5 Å². The van der Waals surface area contributed by atoms with Gasteiger partial charge in [0.05, 0.1) is 16.7 Å². The largest absolute Gasteiger partial charge is 0.417 e. The average molecular weight is 295 g/mol. The van der Waals surface area contributed by atoms with Crippen LogP contribution in [0.5, 0.6) is 0 Å². The summed E-state index contributed by atoms with van der Waals surface area (Å²) in [5.74, 6) is 0.388. The van der Waals surface area contributed by atoms with Crippen LogP contribution in [0.15, 0.2) is 18.2 Å². The van der Waals surface area contributed by atoms with Crippen LogP contribution in [0.1, 0.15) is 31.9 Å². The van der Waals surface area contributed by atoms with E-state index in [2.05, 4.69) is 0 Å². The summed E-state index contributed by atoms with van der Waals surface area (Å²) in [5, 5.41) is -0.227. The second-order valence-electron chi connectivity index (χ2n) is 5.02. The molecule has 0 bridgehead atoms. The third kappa shape index (κ3) is 5.03. The Hall–Kier alpha value is -0.740. The van der Waals surface area contributed by atoms with Gasteiger partial charge in [-0.25, -0.2) is 0 Å². The molecule has 0 spiro atoms. The second-order valence-corrected chi connectivity index (χ2v) is 5.40. The zero-order valence-electron chi connectivity index (χ0n) is 11.2. The van der Waals surface area contributed by atoms with Gasteiger partial charge in [0.25, 0.3) is 0 Å². The Bertz CT molecular complexity index is 416. The molecule has 0 aliphatic heterocycles. The van der Waals surface area contributed by atoms with E-state index in [1.807, 2.05) is 20.8 Å². The Balaban J connectivity index is 2.79. The molecule has 1 nitrogen and oxygen atoms in total. The Kier molecular flexibility index (Phi) is 5.68.